The third-order valence-electron chi connectivity index (χ3n) is 4.89. The number of hydrogen-bond acceptors (Lipinski definition) is 2. The van der Waals surface area contributed by atoms with E-state index in [1.54, 1.807) is 4.90 Å². The summed E-state index contributed by atoms with van der Waals surface area (Å²) in [6, 6.07) is 13.0. The molecule has 0 N–H and O–H groups in total. The van der Waals surface area contributed by atoms with Crippen molar-refractivity contribution in [1.29, 1.82) is 0 Å². The van der Waals surface area contributed by atoms with Crippen LogP contribution in [0, 0.1) is 11.6 Å². The molecule has 132 valence electrons. The molecule has 1 fully saturated rings. The van der Waals surface area contributed by atoms with Gasteiger partial charge in [-0.1, -0.05) is 24.3 Å². The van der Waals surface area contributed by atoms with Crippen LogP contribution in [0.4, 0.5) is 8.78 Å². The quantitative estimate of drug-likeness (QED) is 0.679. The monoisotopic (exact) mass is 352 g/mol. The van der Waals surface area contributed by atoms with Gasteiger partial charge in [0, 0.05) is 47.9 Å². The predicted octanol–water partition coefficient (Wildman–Crippen LogP) is 4.53. The molecule has 26 heavy (non-hydrogen) atoms. The van der Waals surface area contributed by atoms with Crippen molar-refractivity contribution in [2.75, 3.05) is 13.1 Å². The van der Waals surface area contributed by atoms with Gasteiger partial charge in [0.05, 0.1) is 0 Å². The minimum Gasteiger partial charge on any atom is -0.338 e. The number of carbonyl (C=O) groups is 1. The second-order valence-corrected chi connectivity index (χ2v) is 6.70. The van der Waals surface area contributed by atoms with Crippen LogP contribution >= 0.6 is 0 Å². The molecule has 3 aromatic rings. The van der Waals surface area contributed by atoms with E-state index in [2.05, 4.69) is 11.1 Å². The zero-order chi connectivity index (χ0) is 18.1. The first kappa shape index (κ1) is 16.6. The number of hydrogen-bond donors (Lipinski definition) is 0. The third kappa shape index (κ3) is 3.29. The summed E-state index contributed by atoms with van der Waals surface area (Å²) in [5, 5.41) is 2.20. The average molecular weight is 352 g/mol. The van der Waals surface area contributed by atoms with E-state index in [1.165, 1.54) is 0 Å². The molecule has 0 aliphatic carbocycles. The van der Waals surface area contributed by atoms with E-state index in [1.807, 2.05) is 30.5 Å². The number of benzene rings is 2. The third-order valence-corrected chi connectivity index (χ3v) is 4.89. The number of halogens is 2. The molecule has 4 rings (SSSR count). The lowest BCUT2D eigenvalue weighted by atomic mass is 9.93. The summed E-state index contributed by atoms with van der Waals surface area (Å²) in [6.45, 7) is 1.09. The molecule has 5 heteroatoms. The number of rotatable bonds is 2. The van der Waals surface area contributed by atoms with E-state index in [0.717, 1.165) is 47.5 Å². The summed E-state index contributed by atoms with van der Waals surface area (Å²) < 4.78 is 26.8. The molecule has 1 aliphatic rings. The van der Waals surface area contributed by atoms with Crippen molar-refractivity contribution in [3.63, 3.8) is 0 Å². The zero-order valence-electron chi connectivity index (χ0n) is 14.2. The second kappa shape index (κ2) is 6.83. The normalized spacial score (nSPS) is 17.5. The maximum absolute atomic E-state index is 13.4. The highest BCUT2D eigenvalue weighted by Crippen LogP contribution is 2.28. The van der Waals surface area contributed by atoms with Crippen molar-refractivity contribution in [1.82, 2.24) is 9.88 Å². The molecule has 2 heterocycles. The van der Waals surface area contributed by atoms with Crippen molar-refractivity contribution in [3.05, 3.63) is 77.6 Å². The molecule has 1 amide bonds. The lowest BCUT2D eigenvalue weighted by Crippen LogP contribution is -2.39. The summed E-state index contributed by atoms with van der Waals surface area (Å²) in [4.78, 5) is 18.9. The van der Waals surface area contributed by atoms with Gasteiger partial charge in [-0.05, 0) is 36.4 Å². The van der Waals surface area contributed by atoms with Crippen LogP contribution in [0.1, 0.15) is 34.8 Å². The van der Waals surface area contributed by atoms with E-state index in [4.69, 9.17) is 0 Å². The Morgan fingerprint density at radius 3 is 2.54 bits per heavy atom. The van der Waals surface area contributed by atoms with Crippen LogP contribution in [0.3, 0.4) is 0 Å². The molecule has 0 bridgehead atoms. The fourth-order valence-electron chi connectivity index (χ4n) is 3.59. The molecule has 2 aromatic carbocycles. The summed E-state index contributed by atoms with van der Waals surface area (Å²) in [6.07, 6.45) is 3.63. The first-order valence-electron chi connectivity index (χ1n) is 8.70. The standard InChI is InChI=1S/C21H18F2N2O/c22-18-8-17(9-19(23)11-18)21(26)25-7-3-6-16(13-25)20-10-14-4-1-2-5-15(14)12-24-20/h1-2,4-5,8-12,16H,3,6-7,13H2/t16-/m0/s1. The molecule has 3 nitrogen and oxygen atoms in total. The number of fused-ring (bicyclic) bond motifs is 1. The smallest absolute Gasteiger partial charge is 0.254 e. The molecule has 0 radical (unpaired) electrons. The second-order valence-electron chi connectivity index (χ2n) is 6.70. The first-order valence-corrected chi connectivity index (χ1v) is 8.70. The van der Waals surface area contributed by atoms with Crippen LogP contribution in [-0.4, -0.2) is 28.9 Å². The minimum absolute atomic E-state index is 0.0506. The Morgan fingerprint density at radius 2 is 1.77 bits per heavy atom. The Hall–Kier alpha value is -2.82. The van der Waals surface area contributed by atoms with Crippen LogP contribution in [0.5, 0.6) is 0 Å². The number of amides is 1. The Morgan fingerprint density at radius 1 is 1.04 bits per heavy atom. The van der Waals surface area contributed by atoms with Crippen molar-refractivity contribution in [2.45, 2.75) is 18.8 Å². The molecule has 1 atom stereocenters. The molecule has 1 saturated heterocycles. The number of carbonyl (C=O) groups excluding carboxylic acids is 1. The molecular weight excluding hydrogens is 334 g/mol. The fourth-order valence-corrected chi connectivity index (χ4v) is 3.59. The van der Waals surface area contributed by atoms with Gasteiger partial charge < -0.3 is 4.90 Å². The van der Waals surface area contributed by atoms with Crippen molar-refractivity contribution in [3.8, 4) is 0 Å². The molecule has 1 aliphatic heterocycles. The Balaban J connectivity index is 1.57. The van der Waals surface area contributed by atoms with Crippen LogP contribution in [0.25, 0.3) is 10.8 Å². The van der Waals surface area contributed by atoms with Gasteiger partial charge in [0.15, 0.2) is 0 Å². The average Bonchev–Trinajstić information content (AvgIpc) is 2.66. The maximum Gasteiger partial charge on any atom is 0.254 e. The molecule has 0 saturated carbocycles. The topological polar surface area (TPSA) is 33.2 Å². The fraction of sp³-hybridized carbons (Fsp3) is 0.238. The summed E-state index contributed by atoms with van der Waals surface area (Å²) in [5.41, 5.74) is 1.00. The molecule has 0 spiro atoms. The molecule has 1 aromatic heterocycles. The lowest BCUT2D eigenvalue weighted by molar-refractivity contribution is 0.0705. The Labute approximate surface area is 150 Å². The van der Waals surface area contributed by atoms with Gasteiger partial charge in [-0.15, -0.1) is 0 Å². The number of nitrogens with zero attached hydrogens (tertiary/aromatic N) is 2. The van der Waals surface area contributed by atoms with Gasteiger partial charge in [0.25, 0.3) is 5.91 Å². The van der Waals surface area contributed by atoms with E-state index in [0.29, 0.717) is 13.1 Å². The van der Waals surface area contributed by atoms with E-state index in [-0.39, 0.29) is 17.4 Å². The van der Waals surface area contributed by atoms with Crippen LogP contribution in [-0.2, 0) is 0 Å². The van der Waals surface area contributed by atoms with Crippen molar-refractivity contribution in [2.24, 2.45) is 0 Å². The number of likely N-dealkylation sites (tertiary alicyclic amines) is 1. The number of piperidine rings is 1. The van der Waals surface area contributed by atoms with Crippen LogP contribution in [0.15, 0.2) is 54.7 Å². The highest BCUT2D eigenvalue weighted by Gasteiger charge is 2.27. The molecular formula is C21H18F2N2O. The largest absolute Gasteiger partial charge is 0.338 e. The van der Waals surface area contributed by atoms with Crippen molar-refractivity contribution >= 4 is 16.7 Å². The highest BCUT2D eigenvalue weighted by atomic mass is 19.1. The van der Waals surface area contributed by atoms with Crippen molar-refractivity contribution < 1.29 is 13.6 Å². The summed E-state index contributed by atoms with van der Waals surface area (Å²) in [7, 11) is 0. The van der Waals surface area contributed by atoms with E-state index < -0.39 is 11.6 Å². The number of pyridine rings is 1. The highest BCUT2D eigenvalue weighted by molar-refractivity contribution is 5.94. The first-order chi connectivity index (χ1) is 12.6. The summed E-state index contributed by atoms with van der Waals surface area (Å²) >= 11 is 0. The lowest BCUT2D eigenvalue weighted by Gasteiger charge is -2.32. The van der Waals surface area contributed by atoms with Crippen LogP contribution < -0.4 is 0 Å². The zero-order valence-corrected chi connectivity index (χ0v) is 14.2. The Kier molecular flexibility index (Phi) is 4.37. The van der Waals surface area contributed by atoms with Gasteiger partial charge in [0.1, 0.15) is 11.6 Å². The minimum atomic E-state index is -0.738. The van der Waals surface area contributed by atoms with E-state index >= 15 is 0 Å². The Bertz CT molecular complexity index is 953. The van der Waals surface area contributed by atoms with Gasteiger partial charge in [-0.25, -0.2) is 8.78 Å². The SMILES string of the molecule is O=C(c1cc(F)cc(F)c1)N1CCC[C@H](c2cc3ccccc3cn2)C1. The van der Waals surface area contributed by atoms with Gasteiger partial charge >= 0.3 is 0 Å². The molecule has 0 unspecified atom stereocenters. The van der Waals surface area contributed by atoms with Gasteiger partial charge in [-0.3, -0.25) is 9.78 Å². The maximum atomic E-state index is 13.4. The van der Waals surface area contributed by atoms with E-state index in [9.17, 15) is 13.6 Å². The predicted molar refractivity (Wildman–Crippen MR) is 96.0 cm³/mol. The van der Waals surface area contributed by atoms with Gasteiger partial charge in [0.2, 0.25) is 0 Å². The number of aromatic nitrogens is 1. The van der Waals surface area contributed by atoms with Gasteiger partial charge in [-0.2, -0.15) is 0 Å². The summed E-state index contributed by atoms with van der Waals surface area (Å²) in [5.74, 6) is -1.69. The van der Waals surface area contributed by atoms with Crippen LogP contribution in [0.2, 0.25) is 0 Å².